The second-order valence-electron chi connectivity index (χ2n) is 3.66. The van der Waals surface area contributed by atoms with Crippen molar-refractivity contribution in [2.45, 2.75) is 6.04 Å². The predicted octanol–water partition coefficient (Wildman–Crippen LogP) is 4.86. The van der Waals surface area contributed by atoms with E-state index in [0.717, 1.165) is 19.2 Å². The number of nitrogens with one attached hydrogen (secondary N) is 1. The molecule has 1 aromatic carbocycles. The van der Waals surface area contributed by atoms with Crippen molar-refractivity contribution in [1.82, 2.24) is 5.32 Å². The lowest BCUT2D eigenvalue weighted by atomic mass is 10.0. The third kappa shape index (κ3) is 2.82. The lowest BCUT2D eigenvalue weighted by Crippen LogP contribution is -2.17. The van der Waals surface area contributed by atoms with Gasteiger partial charge in [0, 0.05) is 21.0 Å². The van der Waals surface area contributed by atoms with Crippen molar-refractivity contribution >= 4 is 43.2 Å². The fourth-order valence-corrected chi connectivity index (χ4v) is 3.91. The Morgan fingerprint density at radius 2 is 1.94 bits per heavy atom. The Morgan fingerprint density at radius 1 is 1.22 bits per heavy atom. The van der Waals surface area contributed by atoms with Crippen molar-refractivity contribution in [2.75, 3.05) is 7.05 Å². The van der Waals surface area contributed by atoms with Crippen LogP contribution in [-0.2, 0) is 0 Å². The van der Waals surface area contributed by atoms with E-state index in [1.807, 2.05) is 6.07 Å². The van der Waals surface area contributed by atoms with Crippen LogP contribution in [0, 0.1) is 11.6 Å². The molecule has 6 heteroatoms. The first-order valence-electron chi connectivity index (χ1n) is 5.10. The van der Waals surface area contributed by atoms with Gasteiger partial charge in [0.05, 0.1) is 9.83 Å². The summed E-state index contributed by atoms with van der Waals surface area (Å²) in [6, 6.07) is 5.25. The molecule has 0 aliphatic rings. The van der Waals surface area contributed by atoms with Gasteiger partial charge in [-0.1, -0.05) is 6.07 Å². The summed E-state index contributed by atoms with van der Waals surface area (Å²) in [4.78, 5) is 0.946. The van der Waals surface area contributed by atoms with Crippen LogP contribution in [-0.4, -0.2) is 7.05 Å². The zero-order valence-electron chi connectivity index (χ0n) is 9.31. The number of rotatable bonds is 3. The molecule has 0 spiro atoms. The second kappa shape index (κ2) is 5.77. The van der Waals surface area contributed by atoms with Gasteiger partial charge in [-0.2, -0.15) is 0 Å². The van der Waals surface area contributed by atoms with E-state index in [0.29, 0.717) is 5.56 Å². The first-order chi connectivity index (χ1) is 8.52. The maximum atomic E-state index is 13.8. The van der Waals surface area contributed by atoms with Crippen LogP contribution in [0.5, 0.6) is 0 Å². The molecule has 18 heavy (non-hydrogen) atoms. The molecule has 2 aromatic rings. The number of hydrogen-bond acceptors (Lipinski definition) is 2. The number of halogens is 4. The quantitative estimate of drug-likeness (QED) is 0.781. The monoisotopic (exact) mass is 395 g/mol. The van der Waals surface area contributed by atoms with Crippen molar-refractivity contribution in [3.63, 3.8) is 0 Å². The summed E-state index contributed by atoms with van der Waals surface area (Å²) in [6.07, 6.45) is 0. The fourth-order valence-electron chi connectivity index (χ4n) is 1.69. The summed E-state index contributed by atoms with van der Waals surface area (Å²) >= 11 is 8.31. The van der Waals surface area contributed by atoms with E-state index in [2.05, 4.69) is 37.2 Å². The standard InChI is InChI=1S/C12H9Br2F2NS/c1-17-11(10-5-8(13)12(14)18-10)7-3-2-6(15)4-9(7)16/h2-5,11,17H,1H3. The van der Waals surface area contributed by atoms with Crippen LogP contribution >= 0.6 is 43.2 Å². The van der Waals surface area contributed by atoms with Gasteiger partial charge >= 0.3 is 0 Å². The molecular formula is C12H9Br2F2NS. The van der Waals surface area contributed by atoms with Crippen LogP contribution in [0.4, 0.5) is 8.78 Å². The van der Waals surface area contributed by atoms with E-state index < -0.39 is 11.6 Å². The molecular weight excluding hydrogens is 388 g/mol. The SMILES string of the molecule is CNC(c1cc(Br)c(Br)s1)c1ccc(F)cc1F. The highest BCUT2D eigenvalue weighted by molar-refractivity contribution is 9.13. The molecule has 1 nitrogen and oxygen atoms in total. The summed E-state index contributed by atoms with van der Waals surface area (Å²) in [5, 5.41) is 3.04. The molecule has 1 N–H and O–H groups in total. The first-order valence-corrected chi connectivity index (χ1v) is 7.50. The minimum atomic E-state index is -0.570. The highest BCUT2D eigenvalue weighted by atomic mass is 79.9. The Morgan fingerprint density at radius 3 is 2.44 bits per heavy atom. The summed E-state index contributed by atoms with van der Waals surface area (Å²) in [6.45, 7) is 0. The number of benzene rings is 1. The Labute approximate surface area is 124 Å². The summed E-state index contributed by atoms with van der Waals surface area (Å²) in [5.74, 6) is -1.12. The highest BCUT2D eigenvalue weighted by Crippen LogP contribution is 2.38. The van der Waals surface area contributed by atoms with Gasteiger partial charge in [-0.05, 0) is 51.0 Å². The lowest BCUT2D eigenvalue weighted by Gasteiger charge is -2.15. The van der Waals surface area contributed by atoms with Crippen molar-refractivity contribution in [1.29, 1.82) is 0 Å². The lowest BCUT2D eigenvalue weighted by molar-refractivity contribution is 0.553. The van der Waals surface area contributed by atoms with Crippen molar-refractivity contribution in [3.05, 3.63) is 54.6 Å². The van der Waals surface area contributed by atoms with Gasteiger partial charge in [-0.3, -0.25) is 0 Å². The number of thiophene rings is 1. The largest absolute Gasteiger partial charge is 0.309 e. The topological polar surface area (TPSA) is 12.0 Å². The molecule has 0 aliphatic heterocycles. The molecule has 0 aliphatic carbocycles. The summed E-state index contributed by atoms with van der Waals surface area (Å²) in [7, 11) is 1.75. The third-order valence-corrected chi connectivity index (χ3v) is 5.83. The molecule has 96 valence electrons. The van der Waals surface area contributed by atoms with E-state index >= 15 is 0 Å². The average Bonchev–Trinajstić information content (AvgIpc) is 2.63. The fraction of sp³-hybridized carbons (Fsp3) is 0.167. The van der Waals surface area contributed by atoms with Crippen LogP contribution in [0.15, 0.2) is 32.5 Å². The summed E-state index contributed by atoms with van der Waals surface area (Å²) < 4.78 is 28.6. The van der Waals surface area contributed by atoms with Gasteiger partial charge in [0.25, 0.3) is 0 Å². The van der Waals surface area contributed by atoms with E-state index in [9.17, 15) is 8.78 Å². The van der Waals surface area contributed by atoms with E-state index in [4.69, 9.17) is 0 Å². The normalized spacial score (nSPS) is 12.7. The molecule has 0 fully saturated rings. The van der Waals surface area contributed by atoms with Gasteiger partial charge in [0.2, 0.25) is 0 Å². The van der Waals surface area contributed by atoms with Crippen molar-refractivity contribution in [2.24, 2.45) is 0 Å². The molecule has 1 unspecified atom stereocenters. The van der Waals surface area contributed by atoms with Gasteiger partial charge < -0.3 is 5.32 Å². The molecule has 0 amide bonds. The van der Waals surface area contributed by atoms with E-state index in [1.54, 1.807) is 7.05 Å². The Bertz CT molecular complexity index is 552. The van der Waals surface area contributed by atoms with Crippen LogP contribution in [0.25, 0.3) is 0 Å². The van der Waals surface area contributed by atoms with E-state index in [-0.39, 0.29) is 6.04 Å². The van der Waals surface area contributed by atoms with Gasteiger partial charge in [0.1, 0.15) is 11.6 Å². The van der Waals surface area contributed by atoms with E-state index in [1.165, 1.54) is 23.5 Å². The Balaban J connectivity index is 2.45. The maximum absolute atomic E-state index is 13.8. The molecule has 0 saturated heterocycles. The van der Waals surface area contributed by atoms with Crippen LogP contribution in [0.1, 0.15) is 16.5 Å². The maximum Gasteiger partial charge on any atom is 0.131 e. The molecule has 0 radical (unpaired) electrons. The first kappa shape index (κ1) is 14.1. The van der Waals surface area contributed by atoms with Crippen LogP contribution < -0.4 is 5.32 Å². The third-order valence-electron chi connectivity index (χ3n) is 2.51. The van der Waals surface area contributed by atoms with Gasteiger partial charge in [0.15, 0.2) is 0 Å². The molecule has 0 bridgehead atoms. The zero-order valence-corrected chi connectivity index (χ0v) is 13.3. The predicted molar refractivity (Wildman–Crippen MR) is 77.0 cm³/mol. The molecule has 1 atom stereocenters. The summed E-state index contributed by atoms with van der Waals surface area (Å²) in [5.41, 5.74) is 0.431. The van der Waals surface area contributed by atoms with Gasteiger partial charge in [-0.15, -0.1) is 11.3 Å². The van der Waals surface area contributed by atoms with Crippen molar-refractivity contribution in [3.8, 4) is 0 Å². The Kier molecular flexibility index (Phi) is 4.53. The number of hydrogen-bond donors (Lipinski definition) is 1. The van der Waals surface area contributed by atoms with Crippen molar-refractivity contribution < 1.29 is 8.78 Å². The highest BCUT2D eigenvalue weighted by Gasteiger charge is 2.19. The average molecular weight is 397 g/mol. The zero-order chi connectivity index (χ0) is 13.3. The second-order valence-corrected chi connectivity index (χ2v) is 6.91. The molecule has 1 heterocycles. The van der Waals surface area contributed by atoms with Gasteiger partial charge in [-0.25, -0.2) is 8.78 Å². The van der Waals surface area contributed by atoms with Crippen LogP contribution in [0.2, 0.25) is 0 Å². The molecule has 0 saturated carbocycles. The molecule has 2 rings (SSSR count). The minimum Gasteiger partial charge on any atom is -0.309 e. The minimum absolute atomic E-state index is 0.293. The molecule has 1 aromatic heterocycles. The Hall–Kier alpha value is -0.300. The smallest absolute Gasteiger partial charge is 0.131 e. The van der Waals surface area contributed by atoms with Crippen LogP contribution in [0.3, 0.4) is 0 Å².